The monoisotopic (exact) mass is 1910 g/mol. The second kappa shape index (κ2) is 43.0. The molecular formula is C105H94Cl5N9O6S5. The molecule has 130 heavy (non-hydrogen) atoms. The minimum absolute atomic E-state index is 0.0209. The number of thiophene rings is 5. The maximum atomic E-state index is 13.7. The summed E-state index contributed by atoms with van der Waals surface area (Å²) < 4.78 is 10.5. The quantitative estimate of drug-likeness (QED) is 0.0828. The molecule has 17 aromatic rings. The van der Waals surface area contributed by atoms with Crippen LogP contribution in [0.25, 0.3) is 50.4 Å². The van der Waals surface area contributed by atoms with Gasteiger partial charge in [-0.05, 0) is 173 Å². The van der Waals surface area contributed by atoms with Crippen LogP contribution < -0.4 is 34.6 Å². The Balaban J connectivity index is 0.000000125. The van der Waals surface area contributed by atoms with Gasteiger partial charge in [-0.1, -0.05) is 239 Å². The number of ether oxygens (including phenoxy) is 1. The largest absolute Gasteiger partial charge is 0.497 e. The van der Waals surface area contributed by atoms with Gasteiger partial charge in [0.2, 0.25) is 0 Å². The predicted molar refractivity (Wildman–Crippen MR) is 549 cm³/mol. The van der Waals surface area contributed by atoms with Crippen molar-refractivity contribution in [2.24, 2.45) is 0 Å². The Morgan fingerprint density at radius 2 is 0.731 bits per heavy atom. The number of hydrogen-bond donors (Lipinski definition) is 1. The van der Waals surface area contributed by atoms with Crippen LogP contribution in [0.1, 0.15) is 124 Å². The van der Waals surface area contributed by atoms with Gasteiger partial charge < -0.3 is 39.5 Å². The summed E-state index contributed by atoms with van der Waals surface area (Å²) in [6.45, 7) is 16.3. The van der Waals surface area contributed by atoms with Crippen molar-refractivity contribution in [2.75, 3.05) is 71.9 Å². The summed E-state index contributed by atoms with van der Waals surface area (Å²) in [5.74, 6) is 0.224. The number of benzene rings is 10. The molecule has 2 fully saturated rings. The summed E-state index contributed by atoms with van der Waals surface area (Å²) in [7, 11) is 5.26. The molecule has 0 saturated carbocycles. The number of nitrogens with zero attached hydrogens (tertiary/aromatic N) is 8. The van der Waals surface area contributed by atoms with Gasteiger partial charge in [-0.25, -0.2) is 0 Å². The predicted octanol–water partition coefficient (Wildman–Crippen LogP) is 28.5. The third-order valence-electron chi connectivity index (χ3n) is 22.7. The molecule has 7 aromatic heterocycles. The van der Waals surface area contributed by atoms with Gasteiger partial charge in [0.15, 0.2) is 0 Å². The molecular weight excluding hydrogens is 1820 g/mol. The number of carbonyl (C=O) groups is 5. The number of methoxy groups -OCH3 is 1. The van der Waals surface area contributed by atoms with E-state index in [-0.39, 0.29) is 29.5 Å². The zero-order valence-corrected chi connectivity index (χ0v) is 80.8. The molecule has 2 aliphatic heterocycles. The first-order chi connectivity index (χ1) is 63.0. The van der Waals surface area contributed by atoms with Crippen LogP contribution in [-0.2, 0) is 26.2 Å². The third kappa shape index (κ3) is 21.4. The minimum Gasteiger partial charge on any atom is -0.497 e. The van der Waals surface area contributed by atoms with Crippen LogP contribution in [0.2, 0.25) is 25.1 Å². The van der Waals surface area contributed by atoms with E-state index in [2.05, 4.69) is 73.6 Å². The van der Waals surface area contributed by atoms with Crippen molar-refractivity contribution in [3.63, 3.8) is 0 Å². The molecule has 2 saturated heterocycles. The normalized spacial score (nSPS) is 12.2. The molecule has 5 amide bonds. The minimum atomic E-state index is -0.154. The Labute approximate surface area is 802 Å². The molecule has 15 nitrogen and oxygen atoms in total. The van der Waals surface area contributed by atoms with Gasteiger partial charge in [-0.3, -0.25) is 33.9 Å². The van der Waals surface area contributed by atoms with Gasteiger partial charge in [-0.15, -0.1) is 56.7 Å². The molecule has 0 spiro atoms. The van der Waals surface area contributed by atoms with E-state index in [0.717, 1.165) is 133 Å². The van der Waals surface area contributed by atoms with Crippen LogP contribution in [0.15, 0.2) is 273 Å². The molecule has 0 bridgehead atoms. The van der Waals surface area contributed by atoms with E-state index in [4.69, 9.17) is 62.7 Å². The molecule has 1 N–H and O–H groups in total. The fraction of sp³-hybridized carbons (Fsp3) is 0.190. The number of pyridine rings is 2. The number of hydrogen-bond acceptors (Lipinski definition) is 15. The molecule has 25 heteroatoms. The van der Waals surface area contributed by atoms with E-state index in [1.807, 2.05) is 254 Å². The van der Waals surface area contributed by atoms with E-state index in [1.165, 1.54) is 105 Å². The number of aromatic nitrogens is 2. The number of rotatable bonds is 19. The highest BCUT2D eigenvalue weighted by Crippen LogP contribution is 2.44. The van der Waals surface area contributed by atoms with Crippen LogP contribution in [0.3, 0.4) is 0 Å². The second-order valence-electron chi connectivity index (χ2n) is 31.7. The number of amides is 5. The maximum absolute atomic E-state index is 13.7. The average molecular weight is 1920 g/mol. The van der Waals surface area contributed by atoms with E-state index in [1.54, 1.807) is 46.2 Å². The molecule has 660 valence electrons. The Hall–Kier alpha value is -11.5. The topological polar surface area (TPSA) is 152 Å². The fourth-order valence-electron chi connectivity index (χ4n) is 16.0. The number of nitrogens with one attached hydrogen (secondary N) is 1. The Kier molecular flexibility index (Phi) is 30.8. The van der Waals surface area contributed by atoms with Crippen LogP contribution in [0.5, 0.6) is 5.75 Å². The van der Waals surface area contributed by atoms with Crippen LogP contribution >= 0.6 is 115 Å². The molecule has 10 aromatic carbocycles. The van der Waals surface area contributed by atoms with Crippen molar-refractivity contribution >= 4 is 223 Å². The highest BCUT2D eigenvalue weighted by molar-refractivity contribution is 7.23. The van der Waals surface area contributed by atoms with E-state index >= 15 is 0 Å². The highest BCUT2D eigenvalue weighted by Gasteiger charge is 2.31. The summed E-state index contributed by atoms with van der Waals surface area (Å²) in [5.41, 5.74) is 14.4. The first-order valence-corrected chi connectivity index (χ1v) is 48.5. The maximum Gasteiger partial charge on any atom is 0.270 e. The van der Waals surface area contributed by atoms with E-state index in [9.17, 15) is 24.0 Å². The molecule has 2 aliphatic rings. The van der Waals surface area contributed by atoms with Gasteiger partial charge in [0.05, 0.1) is 62.4 Å². The lowest BCUT2D eigenvalue weighted by atomic mass is 10.1. The lowest BCUT2D eigenvalue weighted by Crippen LogP contribution is -2.31. The van der Waals surface area contributed by atoms with Crippen LogP contribution in [0, 0.1) is 34.6 Å². The highest BCUT2D eigenvalue weighted by atomic mass is 35.5. The van der Waals surface area contributed by atoms with Crippen LogP contribution in [0.4, 0.5) is 28.4 Å². The van der Waals surface area contributed by atoms with Crippen molar-refractivity contribution in [3.05, 3.63) is 373 Å². The number of halogens is 5. The van der Waals surface area contributed by atoms with Gasteiger partial charge in [0.25, 0.3) is 29.5 Å². The Bertz CT molecular complexity index is 6970. The zero-order valence-electron chi connectivity index (χ0n) is 72.9. The SMILES string of the molecule is CN(Cc1ccccc1N1CCCC1)C(=O)c1sc2ccccc2c1Cl.COc1ccc(C)c(N(Cc2ccccn2)C(=O)c2sc3ccccc3c2Cl)c1.Cc1ccc(N(C)C(=O)c2sc3ccccc3c2Cl)c(C)c1.Cc1ccc(N(Cc2ccccn2)C(=O)c2sc3ccccc3c2Cl)c(C)c1.O=C(NCc1ccccc1N1CCCC1)c1sc2ccccc2c1Cl. The fourth-order valence-corrected chi connectivity index (χ4v) is 23.4. The molecule has 0 atom stereocenters. The summed E-state index contributed by atoms with van der Waals surface area (Å²) in [5, 5.41) is 10.3. The number of anilines is 5. The summed E-state index contributed by atoms with van der Waals surface area (Å²) in [6.07, 6.45) is 8.41. The van der Waals surface area contributed by atoms with Crippen LogP contribution in [-0.4, -0.2) is 91.8 Å². The number of aryl methyl sites for hydroxylation is 5. The van der Waals surface area contributed by atoms with Crippen molar-refractivity contribution < 1.29 is 28.7 Å². The van der Waals surface area contributed by atoms with E-state index in [0.29, 0.717) is 81.4 Å². The van der Waals surface area contributed by atoms with Crippen molar-refractivity contribution in [1.29, 1.82) is 0 Å². The standard InChI is InChI=1S/C23H19ClN2O2S.C23H19ClN2OS.C21H21ClN2OS.C20H19ClN2OS.C18H16ClNOS/c1-15-10-11-17(28-2)13-19(15)26(14-16-7-5-6-12-25-16)23(27)22-21(24)18-8-3-4-9-20(18)29-22;1-15-10-11-19(16(2)13-15)26(14-17-7-5-6-12-25-17)23(27)22-21(24)18-8-3-4-9-20(18)28-22;1-23(14-15-8-2-4-10-17(15)24-12-6-7-13-24)21(25)20-19(22)16-9-3-5-11-18(16)26-20;21-18-15-8-2-4-10-17(15)25-19(18)20(24)22-13-14-7-1-3-9-16(14)23-11-5-6-12-23;1-11-8-9-14(12(2)10-11)20(3)18(21)17-16(19)13-6-4-5-7-15(13)22-17/h3-13H,14H2,1-2H3;3-13H,14H2,1-2H3;2-5,8-11H,6-7,12-14H2,1H3;1-4,7-10H,5-6,11-13H2,(H,22,24);4-10H,1-3H3. The lowest BCUT2D eigenvalue weighted by molar-refractivity contribution is 0.0789. The third-order valence-corrected chi connectivity index (χ3v) is 31.0. The van der Waals surface area contributed by atoms with Gasteiger partial charge in [0, 0.05) is 145 Å². The van der Waals surface area contributed by atoms with Gasteiger partial charge >= 0.3 is 0 Å². The summed E-state index contributed by atoms with van der Waals surface area (Å²) >= 11 is 39.7. The van der Waals surface area contributed by atoms with E-state index < -0.39 is 0 Å². The Morgan fingerprint density at radius 3 is 1.15 bits per heavy atom. The number of fused-ring (bicyclic) bond motifs is 5. The summed E-state index contributed by atoms with van der Waals surface area (Å²) in [6, 6.07) is 85.1. The smallest absolute Gasteiger partial charge is 0.270 e. The van der Waals surface area contributed by atoms with Crippen molar-refractivity contribution in [3.8, 4) is 5.75 Å². The lowest BCUT2D eigenvalue weighted by Gasteiger charge is -2.24. The van der Waals surface area contributed by atoms with Crippen molar-refractivity contribution in [1.82, 2.24) is 20.2 Å². The molecule has 0 unspecified atom stereocenters. The summed E-state index contributed by atoms with van der Waals surface area (Å²) in [4.78, 5) is 89.2. The number of para-hydroxylation sites is 2. The zero-order chi connectivity index (χ0) is 91.2. The van der Waals surface area contributed by atoms with Gasteiger partial charge in [-0.2, -0.15) is 0 Å². The first-order valence-electron chi connectivity index (χ1n) is 42.6. The molecule has 19 rings (SSSR count). The molecule has 0 aliphatic carbocycles. The average Bonchev–Trinajstić information content (AvgIpc) is 1.66. The first kappa shape index (κ1) is 93.2. The van der Waals surface area contributed by atoms with Gasteiger partial charge in [0.1, 0.15) is 30.1 Å². The Morgan fingerprint density at radius 1 is 0.369 bits per heavy atom. The molecule has 9 heterocycles. The molecule has 0 radical (unpaired) electrons. The number of carbonyl (C=O) groups excluding carboxylic acids is 5. The second-order valence-corrected chi connectivity index (χ2v) is 38.9. The van der Waals surface area contributed by atoms with Crippen molar-refractivity contribution in [2.45, 2.75) is 86.5 Å².